The summed E-state index contributed by atoms with van der Waals surface area (Å²) in [4.78, 5) is 10.5. The molecule has 0 saturated heterocycles. The first kappa shape index (κ1) is 28.3. The van der Waals surface area contributed by atoms with Gasteiger partial charge in [-0.25, -0.2) is 9.97 Å². The topological polar surface area (TPSA) is 52.1 Å². The lowest BCUT2D eigenvalue weighted by molar-refractivity contribution is 0.667. The van der Waals surface area contributed by atoms with E-state index in [4.69, 9.17) is 18.8 Å². The summed E-state index contributed by atoms with van der Waals surface area (Å²) >= 11 is 1.84. The highest BCUT2D eigenvalue weighted by Gasteiger charge is 2.22. The van der Waals surface area contributed by atoms with E-state index in [1.54, 1.807) is 0 Å². The van der Waals surface area contributed by atoms with E-state index in [1.165, 1.54) is 25.7 Å². The maximum absolute atomic E-state index is 6.54. The Morgan fingerprint density at radius 2 is 1.12 bits per heavy atom. The van der Waals surface area contributed by atoms with E-state index in [9.17, 15) is 0 Å². The molecule has 0 aliphatic carbocycles. The van der Waals surface area contributed by atoms with Crippen LogP contribution in [0.4, 0.5) is 0 Å². The lowest BCUT2D eigenvalue weighted by atomic mass is 9.99. The van der Waals surface area contributed by atoms with E-state index in [0.29, 0.717) is 11.4 Å². The van der Waals surface area contributed by atoms with Crippen LogP contribution in [-0.4, -0.2) is 9.97 Å². The van der Waals surface area contributed by atoms with Crippen molar-refractivity contribution >= 4 is 75.5 Å². The van der Waals surface area contributed by atoms with Crippen molar-refractivity contribution in [2.75, 3.05) is 0 Å². The Kier molecular flexibility index (Phi) is 6.09. The van der Waals surface area contributed by atoms with E-state index in [0.717, 1.165) is 71.9 Å². The monoisotopic (exact) mass is 670 g/mol. The average Bonchev–Trinajstić information content (AvgIpc) is 3.89. The average molecular weight is 671 g/mol. The molecule has 0 amide bonds. The van der Waals surface area contributed by atoms with Crippen molar-refractivity contribution < 1.29 is 8.83 Å². The molecule has 11 rings (SSSR count). The van der Waals surface area contributed by atoms with Crippen molar-refractivity contribution in [1.29, 1.82) is 0 Å². The van der Waals surface area contributed by atoms with Crippen LogP contribution in [-0.2, 0) is 0 Å². The first-order valence-corrected chi connectivity index (χ1v) is 17.8. The number of rotatable bonds is 4. The molecule has 0 spiro atoms. The van der Waals surface area contributed by atoms with Crippen LogP contribution in [0, 0.1) is 0 Å². The largest absolute Gasteiger partial charge is 0.456 e. The maximum Gasteiger partial charge on any atom is 0.180 e. The van der Waals surface area contributed by atoms with Gasteiger partial charge < -0.3 is 8.83 Å². The van der Waals surface area contributed by atoms with E-state index in [1.807, 2.05) is 53.8 Å². The van der Waals surface area contributed by atoms with Crippen molar-refractivity contribution in [1.82, 2.24) is 9.97 Å². The number of nitrogens with zero attached hydrogens (tertiary/aromatic N) is 2. The quantitative estimate of drug-likeness (QED) is 0.187. The molecule has 4 heterocycles. The predicted molar refractivity (Wildman–Crippen MR) is 211 cm³/mol. The van der Waals surface area contributed by atoms with Gasteiger partial charge in [-0.1, -0.05) is 121 Å². The van der Waals surface area contributed by atoms with Crippen LogP contribution in [0.15, 0.2) is 167 Å². The molecule has 4 aromatic heterocycles. The van der Waals surface area contributed by atoms with E-state index >= 15 is 0 Å². The summed E-state index contributed by atoms with van der Waals surface area (Å²) in [5, 5.41) is 5.55. The molecule has 5 heteroatoms. The molecule has 238 valence electrons. The molecule has 0 fully saturated rings. The van der Waals surface area contributed by atoms with Crippen LogP contribution >= 0.6 is 11.3 Å². The van der Waals surface area contributed by atoms with Crippen LogP contribution < -0.4 is 0 Å². The van der Waals surface area contributed by atoms with Crippen molar-refractivity contribution in [3.05, 3.63) is 158 Å². The lowest BCUT2D eigenvalue weighted by Gasteiger charge is -2.08. The first-order chi connectivity index (χ1) is 25.3. The summed E-state index contributed by atoms with van der Waals surface area (Å²) in [6, 6.07) is 54.9. The molecule has 0 saturated carbocycles. The zero-order valence-corrected chi connectivity index (χ0v) is 27.9. The van der Waals surface area contributed by atoms with Crippen LogP contribution in [0.5, 0.6) is 0 Å². The van der Waals surface area contributed by atoms with Gasteiger partial charge in [-0.05, 0) is 58.7 Å². The maximum atomic E-state index is 6.54. The number of furan rings is 2. The number of hydrogen-bond acceptors (Lipinski definition) is 5. The summed E-state index contributed by atoms with van der Waals surface area (Å²) < 4.78 is 15.6. The highest BCUT2D eigenvalue weighted by atomic mass is 32.1. The van der Waals surface area contributed by atoms with Gasteiger partial charge >= 0.3 is 0 Å². The number of aromatic nitrogens is 2. The molecule has 7 aromatic carbocycles. The Bertz CT molecular complexity index is 3140. The van der Waals surface area contributed by atoms with Gasteiger partial charge in [-0.15, -0.1) is 11.3 Å². The van der Waals surface area contributed by atoms with Gasteiger partial charge in [0.05, 0.1) is 0 Å². The van der Waals surface area contributed by atoms with Gasteiger partial charge in [0.1, 0.15) is 28.0 Å². The van der Waals surface area contributed by atoms with Crippen LogP contribution in [0.3, 0.4) is 0 Å². The minimum atomic E-state index is 0.625. The second-order valence-corrected chi connectivity index (χ2v) is 13.9. The third-order valence-electron chi connectivity index (χ3n) is 9.92. The van der Waals surface area contributed by atoms with Gasteiger partial charge in [0.25, 0.3) is 0 Å². The normalized spacial score (nSPS) is 11.9. The van der Waals surface area contributed by atoms with Crippen LogP contribution in [0.25, 0.3) is 109 Å². The molecular weight excluding hydrogens is 645 g/mol. The van der Waals surface area contributed by atoms with Crippen molar-refractivity contribution in [2.24, 2.45) is 0 Å². The van der Waals surface area contributed by atoms with E-state index in [2.05, 4.69) is 115 Å². The molecule has 0 radical (unpaired) electrons. The highest BCUT2D eigenvalue weighted by Crippen LogP contribution is 2.44. The molecule has 51 heavy (non-hydrogen) atoms. The van der Waals surface area contributed by atoms with Crippen molar-refractivity contribution in [3.8, 4) is 44.9 Å². The molecule has 11 aromatic rings. The van der Waals surface area contributed by atoms with Gasteiger partial charge in [0, 0.05) is 47.5 Å². The van der Waals surface area contributed by atoms with Gasteiger partial charge in [-0.2, -0.15) is 0 Å². The second-order valence-electron chi connectivity index (χ2n) is 12.9. The third-order valence-corrected chi connectivity index (χ3v) is 11.1. The number of hydrogen-bond donors (Lipinski definition) is 0. The Hall–Kier alpha value is -6.56. The van der Waals surface area contributed by atoms with Gasteiger partial charge in [0.2, 0.25) is 0 Å². The summed E-state index contributed by atoms with van der Waals surface area (Å²) in [5.41, 5.74) is 11.1. The van der Waals surface area contributed by atoms with Gasteiger partial charge in [0.15, 0.2) is 11.4 Å². The minimum Gasteiger partial charge on any atom is -0.456 e. The zero-order chi connectivity index (χ0) is 33.5. The third kappa shape index (κ3) is 4.38. The van der Waals surface area contributed by atoms with E-state index in [-0.39, 0.29) is 0 Å². The molecule has 0 atom stereocenters. The fraction of sp³-hybridized carbons (Fsp3) is 0. The second kappa shape index (κ2) is 11.0. The predicted octanol–water partition coefficient (Wildman–Crippen LogP) is 13.3. The molecular formula is C46H26N2O2S. The fourth-order valence-corrected chi connectivity index (χ4v) is 8.76. The Morgan fingerprint density at radius 1 is 0.431 bits per heavy atom. The van der Waals surface area contributed by atoms with Crippen LogP contribution in [0.2, 0.25) is 0 Å². The first-order valence-electron chi connectivity index (χ1n) is 17.0. The Labute approximate surface area is 295 Å². The molecule has 0 N–H and O–H groups in total. The summed E-state index contributed by atoms with van der Waals surface area (Å²) in [5.74, 6) is 0.625. The molecule has 0 aliphatic heterocycles. The molecule has 0 unspecified atom stereocenters. The number of thiophene rings is 1. The Balaban J connectivity index is 1.16. The van der Waals surface area contributed by atoms with Gasteiger partial charge in [-0.3, -0.25) is 0 Å². The summed E-state index contributed by atoms with van der Waals surface area (Å²) in [6.45, 7) is 0. The highest BCUT2D eigenvalue weighted by molar-refractivity contribution is 7.26. The molecule has 0 bridgehead atoms. The minimum absolute atomic E-state index is 0.625. The smallest absolute Gasteiger partial charge is 0.180 e. The standard InChI is InChI=1S/C46H26N2O2S/c1-3-11-27(12-4-1)29-21-23-38-36(25-29)43-44(50-38)42(28-13-5-2-6-14-28)47-46(48-43)34-18-10-19-39-41(34)35-26-30(22-24-37(35)49-39)31-16-9-17-33-32-15-7-8-20-40(32)51-45(31)33/h1-26H. The molecule has 4 nitrogen and oxygen atoms in total. The number of benzene rings is 7. The molecule has 0 aliphatic rings. The lowest BCUT2D eigenvalue weighted by Crippen LogP contribution is -1.94. The zero-order valence-electron chi connectivity index (χ0n) is 27.1. The fourth-order valence-electron chi connectivity index (χ4n) is 7.52. The summed E-state index contributed by atoms with van der Waals surface area (Å²) in [7, 11) is 0. The summed E-state index contributed by atoms with van der Waals surface area (Å²) in [6.07, 6.45) is 0. The van der Waals surface area contributed by atoms with E-state index < -0.39 is 0 Å². The SMILES string of the molecule is c1ccc(-c2ccc3oc4c(-c5ccccc5)nc(-c5cccc6oc7ccc(-c8cccc9c8sc8ccccc89)cc7c56)nc4c3c2)cc1. The number of fused-ring (bicyclic) bond motifs is 9. The van der Waals surface area contributed by atoms with Crippen LogP contribution in [0.1, 0.15) is 0 Å². The van der Waals surface area contributed by atoms with Crippen molar-refractivity contribution in [3.63, 3.8) is 0 Å². The van der Waals surface area contributed by atoms with Crippen molar-refractivity contribution in [2.45, 2.75) is 0 Å². The Morgan fingerprint density at radius 3 is 1.98 bits per heavy atom.